The third-order valence-electron chi connectivity index (χ3n) is 3.57. The Labute approximate surface area is 135 Å². The van der Waals surface area contributed by atoms with Crippen molar-refractivity contribution >= 4 is 0 Å². The van der Waals surface area contributed by atoms with Gasteiger partial charge < -0.3 is 10.5 Å². The molecule has 1 heterocycles. The molecule has 23 heavy (non-hydrogen) atoms. The molecule has 2 N–H and O–H groups in total. The van der Waals surface area contributed by atoms with Gasteiger partial charge in [0.15, 0.2) is 0 Å². The molecule has 118 valence electrons. The first kappa shape index (κ1) is 15.2. The molecule has 0 bridgehead atoms. The summed E-state index contributed by atoms with van der Waals surface area (Å²) in [6, 6.07) is 19.9. The predicted molar refractivity (Wildman–Crippen MR) is 89.9 cm³/mol. The summed E-state index contributed by atoms with van der Waals surface area (Å²) in [7, 11) is 0. The molecule has 0 radical (unpaired) electrons. The summed E-state index contributed by atoms with van der Waals surface area (Å²) in [6.45, 7) is 1.75. The summed E-state index contributed by atoms with van der Waals surface area (Å²) in [5.41, 5.74) is 8.69. The smallest absolute Gasteiger partial charge is 0.119 e. The van der Waals surface area contributed by atoms with Gasteiger partial charge in [-0.2, -0.15) is 0 Å². The lowest BCUT2D eigenvalue weighted by molar-refractivity contribution is 0.298. The summed E-state index contributed by atoms with van der Waals surface area (Å²) in [5, 5.41) is 8.43. The molecule has 0 aliphatic rings. The van der Waals surface area contributed by atoms with Crippen LogP contribution >= 0.6 is 0 Å². The normalized spacial score (nSPS) is 10.7. The number of hydrogen-bond donors (Lipinski definition) is 1. The average Bonchev–Trinajstić information content (AvgIpc) is 3.03. The van der Waals surface area contributed by atoms with Crippen molar-refractivity contribution in [3.63, 3.8) is 0 Å². The number of aryl methyl sites for hydroxylation is 1. The van der Waals surface area contributed by atoms with E-state index in [4.69, 9.17) is 10.5 Å². The predicted octanol–water partition coefficient (Wildman–Crippen LogP) is 2.87. The van der Waals surface area contributed by atoms with Crippen molar-refractivity contribution < 1.29 is 4.74 Å². The first-order chi connectivity index (χ1) is 11.4. The first-order valence-electron chi connectivity index (χ1n) is 7.74. The van der Waals surface area contributed by atoms with Crippen LogP contribution in [0.25, 0.3) is 11.3 Å². The summed E-state index contributed by atoms with van der Waals surface area (Å²) in [6.07, 6.45) is 0.849. The Kier molecular flexibility index (Phi) is 5.01. The Balaban J connectivity index is 1.65. The Morgan fingerprint density at radius 3 is 2.35 bits per heavy atom. The zero-order valence-electron chi connectivity index (χ0n) is 12.9. The van der Waals surface area contributed by atoms with Crippen LogP contribution in [0.4, 0.5) is 0 Å². The Morgan fingerprint density at radius 2 is 1.65 bits per heavy atom. The highest BCUT2D eigenvalue weighted by Gasteiger charge is 2.13. The maximum atomic E-state index is 5.79. The molecule has 3 rings (SSSR count). The number of aromatic nitrogens is 3. The number of nitrogens with zero attached hydrogens (tertiary/aromatic N) is 3. The summed E-state index contributed by atoms with van der Waals surface area (Å²) in [5.74, 6) is 0.886. The molecule has 3 aromatic rings. The first-order valence-corrected chi connectivity index (χ1v) is 7.74. The zero-order chi connectivity index (χ0) is 15.9. The molecule has 0 saturated heterocycles. The van der Waals surface area contributed by atoms with E-state index >= 15 is 0 Å². The average molecular weight is 308 g/mol. The second-order valence-corrected chi connectivity index (χ2v) is 5.19. The minimum absolute atomic E-state index is 0.380. The highest BCUT2D eigenvalue weighted by Crippen LogP contribution is 2.22. The molecule has 1 aromatic heterocycles. The number of benzene rings is 2. The van der Waals surface area contributed by atoms with Crippen molar-refractivity contribution in [3.05, 3.63) is 66.4 Å². The maximum Gasteiger partial charge on any atom is 0.119 e. The Bertz CT molecular complexity index is 725. The van der Waals surface area contributed by atoms with E-state index in [0.29, 0.717) is 13.2 Å². The second-order valence-electron chi connectivity index (χ2n) is 5.19. The van der Waals surface area contributed by atoms with E-state index in [1.165, 1.54) is 0 Å². The lowest BCUT2D eigenvalue weighted by atomic mass is 10.1. The van der Waals surface area contributed by atoms with Crippen LogP contribution in [0.2, 0.25) is 0 Å². The van der Waals surface area contributed by atoms with E-state index < -0.39 is 0 Å². The lowest BCUT2D eigenvalue weighted by Crippen LogP contribution is -2.08. The molecular weight excluding hydrogens is 288 g/mol. The number of para-hydroxylation sites is 1. The van der Waals surface area contributed by atoms with Crippen LogP contribution in [0.15, 0.2) is 60.7 Å². The van der Waals surface area contributed by atoms with Gasteiger partial charge in [-0.25, -0.2) is 4.68 Å². The SMILES string of the molecule is NCc1nnn(CCCOc2ccccc2)c1-c1ccccc1. The van der Waals surface area contributed by atoms with Crippen LogP contribution < -0.4 is 10.5 Å². The van der Waals surface area contributed by atoms with Crippen molar-refractivity contribution in [3.8, 4) is 17.0 Å². The van der Waals surface area contributed by atoms with Crippen LogP contribution in [0.3, 0.4) is 0 Å². The van der Waals surface area contributed by atoms with Gasteiger partial charge in [0.2, 0.25) is 0 Å². The number of nitrogens with two attached hydrogens (primary N) is 1. The van der Waals surface area contributed by atoms with Gasteiger partial charge in [-0.05, 0) is 12.1 Å². The molecule has 0 aliphatic carbocycles. The molecule has 0 atom stereocenters. The third-order valence-corrected chi connectivity index (χ3v) is 3.57. The molecule has 2 aromatic carbocycles. The van der Waals surface area contributed by atoms with E-state index in [9.17, 15) is 0 Å². The molecule has 5 nitrogen and oxygen atoms in total. The van der Waals surface area contributed by atoms with Gasteiger partial charge in [0.05, 0.1) is 12.3 Å². The fourth-order valence-corrected chi connectivity index (χ4v) is 2.48. The maximum absolute atomic E-state index is 5.79. The van der Waals surface area contributed by atoms with Crippen LogP contribution in [-0.4, -0.2) is 21.6 Å². The van der Waals surface area contributed by atoms with Crippen molar-refractivity contribution in [2.45, 2.75) is 19.5 Å². The van der Waals surface area contributed by atoms with E-state index in [-0.39, 0.29) is 0 Å². The summed E-state index contributed by atoms with van der Waals surface area (Å²) >= 11 is 0. The molecule has 0 fully saturated rings. The molecule has 5 heteroatoms. The van der Waals surface area contributed by atoms with Crippen LogP contribution in [-0.2, 0) is 13.1 Å². The fourth-order valence-electron chi connectivity index (χ4n) is 2.48. The largest absolute Gasteiger partial charge is 0.494 e. The minimum Gasteiger partial charge on any atom is -0.494 e. The highest BCUT2D eigenvalue weighted by atomic mass is 16.5. The van der Waals surface area contributed by atoms with Crippen molar-refractivity contribution in [2.24, 2.45) is 5.73 Å². The van der Waals surface area contributed by atoms with Gasteiger partial charge in [0.25, 0.3) is 0 Å². The molecule has 0 unspecified atom stereocenters. The summed E-state index contributed by atoms with van der Waals surface area (Å²) in [4.78, 5) is 0. The van der Waals surface area contributed by atoms with Gasteiger partial charge in [-0.1, -0.05) is 53.7 Å². The number of rotatable bonds is 7. The monoisotopic (exact) mass is 308 g/mol. The van der Waals surface area contributed by atoms with E-state index in [1.807, 2.05) is 53.2 Å². The van der Waals surface area contributed by atoms with E-state index in [0.717, 1.165) is 35.7 Å². The number of ether oxygens (including phenoxy) is 1. The molecule has 0 saturated carbocycles. The van der Waals surface area contributed by atoms with Crippen molar-refractivity contribution in [2.75, 3.05) is 6.61 Å². The molecule has 0 amide bonds. The van der Waals surface area contributed by atoms with Crippen LogP contribution in [0.5, 0.6) is 5.75 Å². The van der Waals surface area contributed by atoms with E-state index in [2.05, 4.69) is 22.4 Å². The van der Waals surface area contributed by atoms with Gasteiger partial charge in [-0.3, -0.25) is 0 Å². The minimum atomic E-state index is 0.380. The fraction of sp³-hybridized carbons (Fsp3) is 0.222. The molecule has 0 spiro atoms. The molecule has 0 aliphatic heterocycles. The van der Waals surface area contributed by atoms with Gasteiger partial charge >= 0.3 is 0 Å². The molecular formula is C18H20N4O. The van der Waals surface area contributed by atoms with Gasteiger partial charge in [0, 0.05) is 25.1 Å². The quantitative estimate of drug-likeness (QED) is 0.682. The van der Waals surface area contributed by atoms with Crippen LogP contribution in [0.1, 0.15) is 12.1 Å². The zero-order valence-corrected chi connectivity index (χ0v) is 12.9. The highest BCUT2D eigenvalue weighted by molar-refractivity contribution is 5.61. The Hall–Kier alpha value is -2.66. The summed E-state index contributed by atoms with van der Waals surface area (Å²) < 4.78 is 7.63. The van der Waals surface area contributed by atoms with Crippen molar-refractivity contribution in [1.29, 1.82) is 0 Å². The lowest BCUT2D eigenvalue weighted by Gasteiger charge is -2.09. The van der Waals surface area contributed by atoms with Gasteiger partial charge in [-0.15, -0.1) is 5.10 Å². The van der Waals surface area contributed by atoms with E-state index in [1.54, 1.807) is 0 Å². The Morgan fingerprint density at radius 1 is 0.957 bits per heavy atom. The number of hydrogen-bond acceptors (Lipinski definition) is 4. The van der Waals surface area contributed by atoms with Gasteiger partial charge in [0.1, 0.15) is 11.4 Å². The van der Waals surface area contributed by atoms with Crippen molar-refractivity contribution in [1.82, 2.24) is 15.0 Å². The van der Waals surface area contributed by atoms with Crippen LogP contribution in [0, 0.1) is 0 Å². The topological polar surface area (TPSA) is 66.0 Å². The second kappa shape index (κ2) is 7.56. The standard InChI is InChI=1S/C18H20N4O/c19-14-17-18(15-8-3-1-4-9-15)22(21-20-17)12-7-13-23-16-10-5-2-6-11-16/h1-6,8-11H,7,12-14,19H2. The third kappa shape index (κ3) is 3.76.